The van der Waals surface area contributed by atoms with Gasteiger partial charge in [0, 0.05) is 33.1 Å². The van der Waals surface area contributed by atoms with Crippen LogP contribution in [0.4, 0.5) is 0 Å². The van der Waals surface area contributed by atoms with Crippen molar-refractivity contribution in [3.63, 3.8) is 0 Å². The molecule has 0 atom stereocenters. The van der Waals surface area contributed by atoms with Crippen LogP contribution in [-0.4, -0.2) is 22.1 Å². The molecule has 0 radical (unpaired) electrons. The van der Waals surface area contributed by atoms with Crippen molar-refractivity contribution in [2.75, 3.05) is 11.0 Å². The average molecular weight is 486 g/mol. The molecule has 0 unspecified atom stereocenters. The van der Waals surface area contributed by atoms with Crippen LogP contribution in [0.5, 0.6) is 5.75 Å². The van der Waals surface area contributed by atoms with E-state index in [1.54, 1.807) is 30.3 Å². The van der Waals surface area contributed by atoms with Crippen molar-refractivity contribution in [1.29, 1.82) is 0 Å². The van der Waals surface area contributed by atoms with Gasteiger partial charge in [0.25, 0.3) is 0 Å². The number of phenols is 1. The molecule has 0 amide bonds. The lowest BCUT2D eigenvalue weighted by Crippen LogP contribution is -2.09. The van der Waals surface area contributed by atoms with Crippen molar-refractivity contribution in [2.45, 2.75) is 0 Å². The Hall–Kier alpha value is -2.87. The summed E-state index contributed by atoms with van der Waals surface area (Å²) in [5, 5.41) is 10.6. The Morgan fingerprint density at radius 3 is 2.68 bits per heavy atom. The first-order valence-electron chi connectivity index (χ1n) is 8.60. The van der Waals surface area contributed by atoms with Gasteiger partial charge >= 0.3 is 5.97 Å². The van der Waals surface area contributed by atoms with E-state index in [1.807, 2.05) is 12.1 Å². The first-order chi connectivity index (χ1) is 13.6. The number of phenolic OH excluding ortho intramolecular Hbond substituents is 1. The van der Waals surface area contributed by atoms with Crippen molar-refractivity contribution < 1.29 is 19.1 Å². The van der Waals surface area contributed by atoms with Gasteiger partial charge in [-0.3, -0.25) is 4.79 Å². The van der Waals surface area contributed by atoms with Crippen LogP contribution in [0.3, 0.4) is 0 Å². The van der Waals surface area contributed by atoms with Crippen LogP contribution in [0.1, 0.15) is 10.4 Å². The molecule has 1 aliphatic carbocycles. The lowest BCUT2D eigenvalue weighted by molar-refractivity contribution is 0.0533. The Balaban J connectivity index is 2.06. The number of rotatable bonds is 4. The second kappa shape index (κ2) is 7.63. The number of benzene rings is 3. The molecule has 0 saturated heterocycles. The van der Waals surface area contributed by atoms with Gasteiger partial charge in [-0.15, -0.1) is 0 Å². The van der Waals surface area contributed by atoms with Gasteiger partial charge < -0.3 is 14.3 Å². The van der Waals surface area contributed by atoms with E-state index in [0.29, 0.717) is 39.1 Å². The third kappa shape index (κ3) is 3.35. The van der Waals surface area contributed by atoms with Crippen LogP contribution in [0.25, 0.3) is 33.4 Å². The van der Waals surface area contributed by atoms with E-state index in [1.165, 1.54) is 18.2 Å². The predicted molar refractivity (Wildman–Crippen MR) is 115 cm³/mol. The summed E-state index contributed by atoms with van der Waals surface area (Å²) in [5.41, 5.74) is 2.79. The lowest BCUT2D eigenvalue weighted by Gasteiger charge is -2.17. The second-order valence-electron chi connectivity index (χ2n) is 6.19. The number of halogens is 1. The summed E-state index contributed by atoms with van der Waals surface area (Å²) in [6.45, 7) is 0.326. The van der Waals surface area contributed by atoms with Gasteiger partial charge in [-0.2, -0.15) is 0 Å². The number of carbonyl (C=O) groups is 1. The van der Waals surface area contributed by atoms with E-state index in [4.69, 9.17) is 9.15 Å². The van der Waals surface area contributed by atoms with Gasteiger partial charge in [-0.05, 0) is 35.9 Å². The predicted octanol–water partition coefficient (Wildman–Crippen LogP) is 4.86. The van der Waals surface area contributed by atoms with Gasteiger partial charge in [0.2, 0.25) is 0 Å². The zero-order valence-corrected chi connectivity index (χ0v) is 16.8. The minimum absolute atomic E-state index is 0.0505. The highest BCUT2D eigenvalue weighted by atomic mass is 127. The van der Waals surface area contributed by atoms with E-state index in [9.17, 15) is 14.7 Å². The largest absolute Gasteiger partial charge is 0.508 e. The summed E-state index contributed by atoms with van der Waals surface area (Å²) in [7, 11) is 0. The summed E-state index contributed by atoms with van der Waals surface area (Å²) in [4.78, 5) is 24.5. The van der Waals surface area contributed by atoms with E-state index >= 15 is 0 Å². The molecule has 4 rings (SSSR count). The molecule has 1 N–H and O–H groups in total. The maximum atomic E-state index is 12.6. The summed E-state index contributed by atoms with van der Waals surface area (Å²) in [6, 6.07) is 16.5. The average Bonchev–Trinajstić information content (AvgIpc) is 2.70. The Labute approximate surface area is 174 Å². The zero-order valence-electron chi connectivity index (χ0n) is 14.6. The molecule has 1 aliphatic heterocycles. The van der Waals surface area contributed by atoms with Crippen molar-refractivity contribution in [2.24, 2.45) is 0 Å². The Morgan fingerprint density at radius 2 is 1.86 bits per heavy atom. The van der Waals surface area contributed by atoms with Crippen molar-refractivity contribution in [3.8, 4) is 28.2 Å². The summed E-state index contributed by atoms with van der Waals surface area (Å²) in [5.74, 6) is 0.0270. The molecule has 0 saturated carbocycles. The molecule has 2 aliphatic rings. The maximum absolute atomic E-state index is 12.6. The van der Waals surface area contributed by atoms with Crippen LogP contribution >= 0.6 is 22.6 Å². The van der Waals surface area contributed by atoms with Crippen molar-refractivity contribution in [1.82, 2.24) is 0 Å². The van der Waals surface area contributed by atoms with E-state index in [2.05, 4.69) is 22.6 Å². The number of fused-ring (bicyclic) bond motifs is 2. The van der Waals surface area contributed by atoms with Gasteiger partial charge in [0.1, 0.15) is 23.7 Å². The second-order valence-corrected chi connectivity index (χ2v) is 7.26. The molecule has 2 aromatic carbocycles. The molecule has 0 bridgehead atoms. The number of carbonyl (C=O) groups excluding carboxylic acids is 1. The molecule has 0 spiro atoms. The first-order valence-corrected chi connectivity index (χ1v) is 10.1. The summed E-state index contributed by atoms with van der Waals surface area (Å²) < 4.78 is 11.9. The quantitative estimate of drug-likeness (QED) is 0.193. The molecule has 5 nitrogen and oxygen atoms in total. The third-order valence-corrected chi connectivity index (χ3v) is 4.84. The number of ether oxygens (including phenoxy) is 1. The molecule has 1 heterocycles. The molecular formula is C22H15IO5. The van der Waals surface area contributed by atoms with Gasteiger partial charge in [0.15, 0.2) is 5.43 Å². The Bertz CT molecular complexity index is 1210. The third-order valence-electron chi connectivity index (χ3n) is 4.40. The van der Waals surface area contributed by atoms with Crippen molar-refractivity contribution in [3.05, 3.63) is 76.5 Å². The monoisotopic (exact) mass is 486 g/mol. The van der Waals surface area contributed by atoms with Crippen molar-refractivity contribution >= 4 is 39.5 Å². The highest BCUT2D eigenvalue weighted by Crippen LogP contribution is 2.41. The topological polar surface area (TPSA) is 76.7 Å². The fourth-order valence-corrected chi connectivity index (χ4v) is 3.46. The zero-order chi connectivity index (χ0) is 19.7. The van der Waals surface area contributed by atoms with Gasteiger partial charge in [0.05, 0.1) is 5.56 Å². The van der Waals surface area contributed by atoms with Crippen LogP contribution in [0.15, 0.2) is 69.9 Å². The van der Waals surface area contributed by atoms with Crippen LogP contribution < -0.4 is 5.43 Å². The lowest BCUT2D eigenvalue weighted by atomic mass is 9.91. The minimum atomic E-state index is -0.409. The molecular weight excluding hydrogens is 471 g/mol. The fourth-order valence-electron chi connectivity index (χ4n) is 3.24. The number of alkyl halides is 1. The normalized spacial score (nSPS) is 11.0. The highest BCUT2D eigenvalue weighted by molar-refractivity contribution is 14.1. The standard InChI is InChI=1S/C22H15IO5/c23-9-10-27-22(26)16-4-2-1-3-15(16)21-17-7-5-13(24)11-19(17)28-20-12-14(25)6-8-18(20)21/h1-8,11-12,24H,9-10H2. The SMILES string of the molecule is O=C(OCCI)c1ccccc1-c1c2ccc(=O)cc-2oc2cc(O)ccc12. The number of aromatic hydroxyl groups is 1. The Kier molecular flexibility index (Phi) is 5.04. The Morgan fingerprint density at radius 1 is 1.04 bits per heavy atom. The molecule has 140 valence electrons. The molecule has 0 aromatic heterocycles. The minimum Gasteiger partial charge on any atom is -0.508 e. The fraction of sp³-hybridized carbons (Fsp3) is 0.0909. The first kappa shape index (κ1) is 18.5. The number of hydrogen-bond donors (Lipinski definition) is 1. The van der Waals surface area contributed by atoms with Crippen LogP contribution in [0, 0.1) is 0 Å². The van der Waals surface area contributed by atoms with Gasteiger partial charge in [-0.25, -0.2) is 4.79 Å². The highest BCUT2D eigenvalue weighted by Gasteiger charge is 2.22. The van der Waals surface area contributed by atoms with Gasteiger partial charge in [-0.1, -0.05) is 40.8 Å². The van der Waals surface area contributed by atoms with Crippen LogP contribution in [0.2, 0.25) is 0 Å². The van der Waals surface area contributed by atoms with E-state index < -0.39 is 5.97 Å². The molecule has 28 heavy (non-hydrogen) atoms. The smallest absolute Gasteiger partial charge is 0.338 e. The number of esters is 1. The molecule has 0 fully saturated rings. The van der Waals surface area contributed by atoms with E-state index in [-0.39, 0.29) is 11.2 Å². The number of hydrogen-bond acceptors (Lipinski definition) is 5. The van der Waals surface area contributed by atoms with Crippen LogP contribution in [-0.2, 0) is 4.74 Å². The molecule has 2 aromatic rings. The molecule has 6 heteroatoms. The maximum Gasteiger partial charge on any atom is 0.338 e. The van der Waals surface area contributed by atoms with E-state index in [0.717, 1.165) is 10.9 Å². The summed E-state index contributed by atoms with van der Waals surface area (Å²) >= 11 is 2.15. The summed E-state index contributed by atoms with van der Waals surface area (Å²) in [6.07, 6.45) is 0.